The second-order valence-electron chi connectivity index (χ2n) is 5.02. The van der Waals surface area contributed by atoms with Gasteiger partial charge >= 0.3 is 0 Å². The molecule has 1 aromatic carbocycles. The zero-order valence-corrected chi connectivity index (χ0v) is 13.4. The van der Waals surface area contributed by atoms with E-state index in [1.807, 2.05) is 12.1 Å². The summed E-state index contributed by atoms with van der Waals surface area (Å²) in [5.41, 5.74) is -1.26. The van der Waals surface area contributed by atoms with Crippen LogP contribution in [0.25, 0.3) is 0 Å². The summed E-state index contributed by atoms with van der Waals surface area (Å²) in [6.07, 6.45) is -3.41. The van der Waals surface area contributed by atoms with Crippen LogP contribution in [0.2, 0.25) is 5.02 Å². The molecule has 0 fully saturated rings. The molecule has 1 aromatic rings. The first-order valence-electron chi connectivity index (χ1n) is 6.53. The Kier molecular flexibility index (Phi) is 5.41. The third-order valence-corrected chi connectivity index (χ3v) is 4.39. The number of rotatable bonds is 5. The van der Waals surface area contributed by atoms with Gasteiger partial charge in [-0.3, -0.25) is 4.79 Å². The number of hydrogen-bond donors (Lipinski definition) is 1. The van der Waals surface area contributed by atoms with Crippen LogP contribution in [0.1, 0.15) is 18.9 Å². The molecule has 1 heterocycles. The molecular weight excluding hydrogens is 334 g/mol. The second-order valence-corrected chi connectivity index (χ2v) is 6.44. The fraction of sp³-hybridized carbons (Fsp3) is 0.429. The quantitative estimate of drug-likeness (QED) is 0.889. The molecule has 1 atom stereocenters. The van der Waals surface area contributed by atoms with E-state index in [1.54, 1.807) is 12.1 Å². The molecule has 2 rings (SSSR count). The number of nitrogens with zero attached hydrogens (tertiary/aromatic N) is 2. The number of halogens is 3. The molecule has 0 saturated heterocycles. The Bertz CT molecular complexity index is 583. The van der Waals surface area contributed by atoms with E-state index in [9.17, 15) is 18.7 Å². The van der Waals surface area contributed by atoms with Crippen molar-refractivity contribution >= 4 is 35.0 Å². The molecule has 8 heteroatoms. The molecule has 0 aromatic heterocycles. The average molecular weight is 349 g/mol. The Morgan fingerprint density at radius 2 is 2.14 bits per heavy atom. The highest BCUT2D eigenvalue weighted by molar-refractivity contribution is 7.99. The van der Waals surface area contributed by atoms with E-state index in [2.05, 4.69) is 5.10 Å². The van der Waals surface area contributed by atoms with Gasteiger partial charge in [-0.05, 0) is 24.6 Å². The van der Waals surface area contributed by atoms with E-state index < -0.39 is 18.1 Å². The minimum atomic E-state index is -3.07. The molecule has 1 aliphatic rings. The first-order valence-corrected chi connectivity index (χ1v) is 8.06. The number of thioether (sulfide) groups is 1. The second kappa shape index (κ2) is 6.93. The molecule has 0 bridgehead atoms. The number of hydrazone groups is 1. The van der Waals surface area contributed by atoms with Gasteiger partial charge in [0, 0.05) is 22.9 Å². The first kappa shape index (κ1) is 17.2. The van der Waals surface area contributed by atoms with Crippen LogP contribution in [0.4, 0.5) is 8.78 Å². The molecule has 1 N–H and O–H groups in total. The van der Waals surface area contributed by atoms with Crippen LogP contribution in [0.5, 0.6) is 0 Å². The first-order chi connectivity index (χ1) is 10.3. The molecule has 0 unspecified atom stereocenters. The highest BCUT2D eigenvalue weighted by atomic mass is 35.5. The van der Waals surface area contributed by atoms with Gasteiger partial charge in [-0.15, -0.1) is 11.8 Å². The van der Waals surface area contributed by atoms with Crippen molar-refractivity contribution in [3.8, 4) is 0 Å². The summed E-state index contributed by atoms with van der Waals surface area (Å²) in [6, 6.07) is 7.13. The Hall–Kier alpha value is -1.18. The number of hydrogen-bond acceptors (Lipinski definition) is 4. The molecule has 4 nitrogen and oxygen atoms in total. The number of carbonyl (C=O) groups is 1. The van der Waals surface area contributed by atoms with Gasteiger partial charge in [-0.25, -0.2) is 8.78 Å². The normalized spacial score (nSPS) is 21.4. The summed E-state index contributed by atoms with van der Waals surface area (Å²) in [5.74, 6) is -0.153. The Labute approximate surface area is 136 Å². The van der Waals surface area contributed by atoms with E-state index in [4.69, 9.17) is 11.6 Å². The van der Waals surface area contributed by atoms with Gasteiger partial charge in [0.2, 0.25) is 5.72 Å². The van der Waals surface area contributed by atoms with E-state index in [1.165, 1.54) is 18.7 Å². The van der Waals surface area contributed by atoms with Crippen LogP contribution in [-0.2, 0) is 10.5 Å². The molecular formula is C14H15ClF2N2O2S. The summed E-state index contributed by atoms with van der Waals surface area (Å²) in [4.78, 5) is 12.0. The van der Waals surface area contributed by atoms with E-state index in [0.717, 1.165) is 5.56 Å². The van der Waals surface area contributed by atoms with Gasteiger partial charge in [-0.1, -0.05) is 23.7 Å². The maximum atomic E-state index is 13.0. The lowest BCUT2D eigenvalue weighted by Crippen LogP contribution is -2.52. The van der Waals surface area contributed by atoms with Crippen molar-refractivity contribution in [3.05, 3.63) is 34.9 Å². The number of carbonyl (C=O) groups excluding carboxylic acids is 1. The van der Waals surface area contributed by atoms with Crippen LogP contribution < -0.4 is 0 Å². The van der Waals surface area contributed by atoms with Crippen molar-refractivity contribution in [2.24, 2.45) is 5.10 Å². The molecule has 0 spiro atoms. The van der Waals surface area contributed by atoms with Gasteiger partial charge in [0.1, 0.15) is 0 Å². The Morgan fingerprint density at radius 3 is 2.73 bits per heavy atom. The van der Waals surface area contributed by atoms with Crippen molar-refractivity contribution in [2.75, 3.05) is 5.75 Å². The van der Waals surface area contributed by atoms with Gasteiger partial charge in [0.05, 0.1) is 5.75 Å². The molecule has 1 amide bonds. The summed E-state index contributed by atoms with van der Waals surface area (Å²) < 4.78 is 26.0. The lowest BCUT2D eigenvalue weighted by Gasteiger charge is -2.29. The van der Waals surface area contributed by atoms with Gasteiger partial charge < -0.3 is 5.11 Å². The van der Waals surface area contributed by atoms with Crippen molar-refractivity contribution in [1.29, 1.82) is 0 Å². The fourth-order valence-corrected chi connectivity index (χ4v) is 3.04. The summed E-state index contributed by atoms with van der Waals surface area (Å²) in [7, 11) is 0. The maximum Gasteiger partial charge on any atom is 0.287 e. The number of alkyl halides is 2. The van der Waals surface area contributed by atoms with Crippen LogP contribution in [-0.4, -0.2) is 39.6 Å². The van der Waals surface area contributed by atoms with E-state index in [0.29, 0.717) is 21.5 Å². The SMILES string of the molecule is CC1=NN(C(=O)CSCc2ccc(Cl)cc2)[C@](O)(C(F)F)C1. The van der Waals surface area contributed by atoms with Gasteiger partial charge in [-0.2, -0.15) is 10.1 Å². The standard InChI is InChI=1S/C14H15ClF2N2O2S/c1-9-6-14(21,13(16)17)19(18-9)12(20)8-22-7-10-2-4-11(15)5-3-10/h2-5,13,21H,6-8H2,1H3/t14-/m1/s1. The fourth-order valence-electron chi connectivity index (χ4n) is 2.08. The third kappa shape index (κ3) is 3.77. The van der Waals surface area contributed by atoms with Gasteiger partial charge in [0.15, 0.2) is 0 Å². The van der Waals surface area contributed by atoms with Gasteiger partial charge in [0.25, 0.3) is 12.3 Å². The third-order valence-electron chi connectivity index (χ3n) is 3.15. The number of benzene rings is 1. The monoisotopic (exact) mass is 348 g/mol. The lowest BCUT2D eigenvalue weighted by atomic mass is 10.1. The van der Waals surface area contributed by atoms with E-state index in [-0.39, 0.29) is 12.2 Å². The molecule has 0 aliphatic carbocycles. The van der Waals surface area contributed by atoms with Crippen LogP contribution >= 0.6 is 23.4 Å². The highest BCUT2D eigenvalue weighted by Crippen LogP contribution is 2.32. The molecule has 120 valence electrons. The van der Waals surface area contributed by atoms with Crippen molar-refractivity contribution in [1.82, 2.24) is 5.01 Å². The molecule has 1 aliphatic heterocycles. The topological polar surface area (TPSA) is 52.9 Å². The molecule has 0 radical (unpaired) electrons. The highest BCUT2D eigenvalue weighted by Gasteiger charge is 2.50. The number of amides is 1. The predicted molar refractivity (Wildman–Crippen MR) is 83.1 cm³/mol. The maximum absolute atomic E-state index is 13.0. The number of aliphatic hydroxyl groups is 1. The summed E-state index contributed by atoms with van der Waals surface area (Å²) in [6.45, 7) is 1.50. The van der Waals surface area contributed by atoms with Crippen molar-refractivity contribution in [2.45, 2.75) is 31.2 Å². The molecule has 22 heavy (non-hydrogen) atoms. The zero-order chi connectivity index (χ0) is 16.3. The summed E-state index contributed by atoms with van der Waals surface area (Å²) in [5, 5.41) is 14.8. The van der Waals surface area contributed by atoms with E-state index >= 15 is 0 Å². The van der Waals surface area contributed by atoms with Crippen LogP contribution in [0, 0.1) is 0 Å². The lowest BCUT2D eigenvalue weighted by molar-refractivity contribution is -0.190. The Balaban J connectivity index is 1.92. The van der Waals surface area contributed by atoms with Crippen LogP contribution in [0.3, 0.4) is 0 Å². The Morgan fingerprint density at radius 1 is 1.50 bits per heavy atom. The minimum absolute atomic E-state index is 0.0472. The smallest absolute Gasteiger partial charge is 0.287 e. The molecule has 0 saturated carbocycles. The minimum Gasteiger partial charge on any atom is -0.364 e. The average Bonchev–Trinajstić information content (AvgIpc) is 2.77. The zero-order valence-electron chi connectivity index (χ0n) is 11.8. The predicted octanol–water partition coefficient (Wildman–Crippen LogP) is 3.14. The van der Waals surface area contributed by atoms with Crippen molar-refractivity contribution in [3.63, 3.8) is 0 Å². The largest absolute Gasteiger partial charge is 0.364 e. The van der Waals surface area contributed by atoms with Crippen molar-refractivity contribution < 1.29 is 18.7 Å². The van der Waals surface area contributed by atoms with Crippen LogP contribution in [0.15, 0.2) is 29.4 Å². The summed E-state index contributed by atoms with van der Waals surface area (Å²) >= 11 is 7.04.